The van der Waals surface area contributed by atoms with Crippen molar-refractivity contribution in [3.8, 4) is 5.75 Å². The first-order valence-corrected chi connectivity index (χ1v) is 9.09. The number of halogens is 1. The number of nitrogens with two attached hydrogens (primary N) is 1. The molecule has 0 bridgehead atoms. The van der Waals surface area contributed by atoms with Gasteiger partial charge in [-0.05, 0) is 13.8 Å². The Morgan fingerprint density at radius 3 is 2.71 bits per heavy atom. The summed E-state index contributed by atoms with van der Waals surface area (Å²) in [4.78, 5) is 30.7. The van der Waals surface area contributed by atoms with Gasteiger partial charge in [-0.1, -0.05) is 11.6 Å². The summed E-state index contributed by atoms with van der Waals surface area (Å²) in [6, 6.07) is 2.79. The van der Waals surface area contributed by atoms with Crippen molar-refractivity contribution in [3.05, 3.63) is 44.5 Å². The Bertz CT molecular complexity index is 994. The van der Waals surface area contributed by atoms with Crippen molar-refractivity contribution in [2.24, 2.45) is 0 Å². The fraction of sp³-hybridized carbons (Fsp3) is 0.333. The van der Waals surface area contributed by atoms with E-state index in [1.54, 1.807) is 9.47 Å². The molecule has 0 aliphatic carbocycles. The second kappa shape index (κ2) is 7.51. The highest BCUT2D eigenvalue weighted by atomic mass is 35.5. The number of pyridine rings is 2. The minimum atomic E-state index is -0.619. The Morgan fingerprint density at radius 2 is 2.11 bits per heavy atom. The maximum Gasteiger partial charge on any atom is 0.274 e. The van der Waals surface area contributed by atoms with Crippen LogP contribution >= 0.6 is 11.6 Å². The summed E-state index contributed by atoms with van der Waals surface area (Å²) in [5, 5.41) is 20.6. The number of nitrogens with one attached hydrogen (secondary N) is 2. The van der Waals surface area contributed by atoms with Crippen LogP contribution in [0.2, 0.25) is 5.15 Å². The number of amides is 1. The predicted molar refractivity (Wildman–Crippen MR) is 107 cm³/mol. The Morgan fingerprint density at radius 1 is 1.39 bits per heavy atom. The van der Waals surface area contributed by atoms with E-state index in [-0.39, 0.29) is 29.3 Å². The van der Waals surface area contributed by atoms with Gasteiger partial charge in [0.05, 0.1) is 12.1 Å². The van der Waals surface area contributed by atoms with E-state index < -0.39 is 11.2 Å². The van der Waals surface area contributed by atoms with E-state index >= 15 is 0 Å². The summed E-state index contributed by atoms with van der Waals surface area (Å²) in [7, 11) is 0. The third kappa shape index (κ3) is 3.40. The number of nitrogen functional groups attached to an aromatic ring is 1. The lowest BCUT2D eigenvalue weighted by molar-refractivity contribution is 0.0639. The average Bonchev–Trinajstić information content (AvgIpc) is 2.63. The van der Waals surface area contributed by atoms with E-state index in [0.29, 0.717) is 35.9 Å². The molecule has 0 atom stereocenters. The highest BCUT2D eigenvalue weighted by molar-refractivity contribution is 6.32. The quantitative estimate of drug-likeness (QED) is 0.441. The summed E-state index contributed by atoms with van der Waals surface area (Å²) >= 11 is 6.02. The predicted octanol–water partition coefficient (Wildman–Crippen LogP) is 1.66. The largest absolute Gasteiger partial charge is 0.503 e. The van der Waals surface area contributed by atoms with E-state index in [0.717, 1.165) is 6.21 Å². The molecule has 2 aromatic heterocycles. The van der Waals surface area contributed by atoms with Crippen molar-refractivity contribution in [3.63, 3.8) is 0 Å². The van der Waals surface area contributed by atoms with Crippen LogP contribution < -0.4 is 16.5 Å². The molecular formula is C18H21ClN6O3. The minimum Gasteiger partial charge on any atom is -0.503 e. The van der Waals surface area contributed by atoms with Crippen molar-refractivity contribution in [1.82, 2.24) is 14.5 Å². The molecule has 148 valence electrons. The number of aromatic nitrogens is 2. The maximum absolute atomic E-state index is 12.7. The molecule has 10 heteroatoms. The van der Waals surface area contributed by atoms with Gasteiger partial charge in [0.25, 0.3) is 5.91 Å². The SMILES string of the molecule is CC(C)N1CCn2c(CNc3cc(N)c(C=N)c(Cl)n3)cc(=O)c(O)c2C1=O. The van der Waals surface area contributed by atoms with Gasteiger partial charge in [-0.3, -0.25) is 9.59 Å². The normalized spacial score (nSPS) is 13.6. The molecule has 1 aliphatic rings. The molecule has 0 saturated carbocycles. The van der Waals surface area contributed by atoms with Crippen LogP contribution in [-0.2, 0) is 13.1 Å². The number of carbonyl (C=O) groups excluding carboxylic acids is 1. The zero-order chi connectivity index (χ0) is 20.6. The third-order valence-electron chi connectivity index (χ3n) is 4.66. The van der Waals surface area contributed by atoms with Crippen molar-refractivity contribution in [2.45, 2.75) is 33.0 Å². The molecule has 0 unspecified atom stereocenters. The lowest BCUT2D eigenvalue weighted by Crippen LogP contribution is -2.46. The van der Waals surface area contributed by atoms with Crippen molar-refractivity contribution < 1.29 is 9.90 Å². The van der Waals surface area contributed by atoms with Crippen LogP contribution in [0.4, 0.5) is 11.5 Å². The number of carbonyl (C=O) groups is 1. The summed E-state index contributed by atoms with van der Waals surface area (Å²) in [6.45, 7) is 4.86. The molecule has 0 saturated heterocycles. The number of hydrogen-bond donors (Lipinski definition) is 4. The van der Waals surface area contributed by atoms with Crippen LogP contribution in [0.15, 0.2) is 16.9 Å². The first-order chi connectivity index (χ1) is 13.2. The molecule has 28 heavy (non-hydrogen) atoms. The van der Waals surface area contributed by atoms with Crippen LogP contribution in [-0.4, -0.2) is 44.3 Å². The number of aromatic hydroxyl groups is 1. The topological polar surface area (TPSA) is 137 Å². The summed E-state index contributed by atoms with van der Waals surface area (Å²) in [5.74, 6) is -0.549. The van der Waals surface area contributed by atoms with Crippen molar-refractivity contribution in [1.29, 1.82) is 5.41 Å². The smallest absolute Gasteiger partial charge is 0.274 e. The van der Waals surface area contributed by atoms with Crippen molar-refractivity contribution in [2.75, 3.05) is 17.6 Å². The van der Waals surface area contributed by atoms with Gasteiger partial charge < -0.3 is 31.0 Å². The van der Waals surface area contributed by atoms with Gasteiger partial charge in [0, 0.05) is 48.9 Å². The maximum atomic E-state index is 12.7. The molecule has 3 rings (SSSR count). The van der Waals surface area contributed by atoms with Crippen LogP contribution in [0, 0.1) is 5.41 Å². The number of nitrogens with zero attached hydrogens (tertiary/aromatic N) is 3. The Balaban J connectivity index is 1.95. The lowest BCUT2D eigenvalue weighted by Gasteiger charge is -2.34. The number of hydrogen-bond acceptors (Lipinski definition) is 7. The van der Waals surface area contributed by atoms with Crippen molar-refractivity contribution >= 4 is 35.2 Å². The fourth-order valence-electron chi connectivity index (χ4n) is 3.20. The molecule has 1 aliphatic heterocycles. The third-order valence-corrected chi connectivity index (χ3v) is 4.95. The first-order valence-electron chi connectivity index (χ1n) is 8.71. The summed E-state index contributed by atoms with van der Waals surface area (Å²) in [5.41, 5.74) is 6.39. The molecule has 9 nitrogen and oxygen atoms in total. The van der Waals surface area contributed by atoms with Gasteiger partial charge in [0.15, 0.2) is 11.4 Å². The minimum absolute atomic E-state index is 0.00564. The number of anilines is 2. The molecule has 5 N–H and O–H groups in total. The number of rotatable bonds is 5. The molecule has 2 aromatic rings. The van der Waals surface area contributed by atoms with E-state index in [9.17, 15) is 14.7 Å². The van der Waals surface area contributed by atoms with E-state index in [4.69, 9.17) is 22.7 Å². The van der Waals surface area contributed by atoms with Crippen LogP contribution in [0.3, 0.4) is 0 Å². The average molecular weight is 405 g/mol. The molecule has 0 aromatic carbocycles. The Kier molecular flexibility index (Phi) is 5.28. The molecule has 0 fully saturated rings. The fourth-order valence-corrected chi connectivity index (χ4v) is 3.45. The zero-order valence-corrected chi connectivity index (χ0v) is 16.2. The zero-order valence-electron chi connectivity index (χ0n) is 15.5. The molecule has 3 heterocycles. The Hall–Kier alpha value is -3.07. The van der Waals surface area contributed by atoms with Gasteiger partial charge in [-0.2, -0.15) is 0 Å². The van der Waals surface area contributed by atoms with Gasteiger partial charge >= 0.3 is 0 Å². The summed E-state index contributed by atoms with van der Waals surface area (Å²) in [6.07, 6.45) is 1.02. The Labute approximate surface area is 166 Å². The lowest BCUT2D eigenvalue weighted by atomic mass is 10.1. The standard InChI is InChI=1S/C18H21ClN6O3/c1-9(2)24-3-4-25-10(5-13(26)16(27)15(25)18(24)28)8-22-14-6-12(21)11(7-20)17(19)23-14/h5-7,9,20,27H,3-4,8H2,1-2H3,(H3,21,22,23). The summed E-state index contributed by atoms with van der Waals surface area (Å²) < 4.78 is 1.64. The van der Waals surface area contributed by atoms with Gasteiger partial charge in [0.1, 0.15) is 11.0 Å². The van der Waals surface area contributed by atoms with Gasteiger partial charge in [-0.15, -0.1) is 0 Å². The van der Waals surface area contributed by atoms with Crippen LogP contribution in [0.5, 0.6) is 5.75 Å². The van der Waals surface area contributed by atoms with Gasteiger partial charge in [-0.25, -0.2) is 4.98 Å². The molecular weight excluding hydrogens is 384 g/mol. The highest BCUT2D eigenvalue weighted by Crippen LogP contribution is 2.25. The van der Waals surface area contributed by atoms with E-state index in [1.807, 2.05) is 13.8 Å². The second-order valence-corrected chi connectivity index (χ2v) is 7.10. The number of fused-ring (bicyclic) bond motifs is 1. The van der Waals surface area contributed by atoms with E-state index in [1.165, 1.54) is 12.1 Å². The van der Waals surface area contributed by atoms with E-state index in [2.05, 4.69) is 10.3 Å². The van der Waals surface area contributed by atoms with Gasteiger partial charge in [0.2, 0.25) is 5.43 Å². The van der Waals surface area contributed by atoms with Crippen LogP contribution in [0.1, 0.15) is 35.6 Å². The first kappa shape index (κ1) is 19.7. The molecule has 0 radical (unpaired) electrons. The molecule has 0 spiro atoms. The highest BCUT2D eigenvalue weighted by Gasteiger charge is 2.31. The second-order valence-electron chi connectivity index (χ2n) is 6.74. The van der Waals surface area contributed by atoms with Crippen LogP contribution in [0.25, 0.3) is 0 Å². The molecule has 1 amide bonds. The monoisotopic (exact) mass is 404 g/mol.